The number of nitrogens with zero attached hydrogens (tertiary/aromatic N) is 1. The Morgan fingerprint density at radius 2 is 1.83 bits per heavy atom. The van der Waals surface area contributed by atoms with Crippen molar-refractivity contribution in [1.82, 2.24) is 5.32 Å². The molecule has 0 heterocycles. The van der Waals surface area contributed by atoms with E-state index in [2.05, 4.69) is 5.32 Å². The van der Waals surface area contributed by atoms with Crippen molar-refractivity contribution in [2.75, 3.05) is 33.9 Å². The molecule has 6 nitrogen and oxygen atoms in total. The summed E-state index contributed by atoms with van der Waals surface area (Å²) in [4.78, 5) is 0. The van der Waals surface area contributed by atoms with Gasteiger partial charge in [0.2, 0.25) is 0 Å². The maximum absolute atomic E-state index is 10.0. The summed E-state index contributed by atoms with van der Waals surface area (Å²) in [5, 5.41) is 22.4. The number of nitrogens with one attached hydrogen (secondary N) is 1. The molecule has 0 amide bonds. The largest absolute Gasteiger partial charge is 0.493 e. The Morgan fingerprint density at radius 1 is 1.10 bits per heavy atom. The van der Waals surface area contributed by atoms with Crippen molar-refractivity contribution in [3.63, 3.8) is 0 Å². The van der Waals surface area contributed by atoms with Crippen molar-refractivity contribution in [3.05, 3.63) is 52.5 Å². The van der Waals surface area contributed by atoms with Crippen molar-refractivity contribution in [3.8, 4) is 23.3 Å². The van der Waals surface area contributed by atoms with Gasteiger partial charge in [-0.25, -0.2) is 0 Å². The lowest BCUT2D eigenvalue weighted by atomic mass is 10.1. The number of hydrogen-bond donors (Lipinski definition) is 2. The minimum Gasteiger partial charge on any atom is -0.493 e. The zero-order valence-corrected chi connectivity index (χ0v) is 18.1. The quantitative estimate of drug-likeness (QED) is 0.519. The molecule has 0 bridgehead atoms. The molecule has 158 valence electrons. The van der Waals surface area contributed by atoms with Gasteiger partial charge in [0, 0.05) is 6.54 Å². The van der Waals surface area contributed by atoms with Crippen LogP contribution in [0.15, 0.2) is 36.4 Å². The number of aryl methyl sites for hydroxylation is 1. The second kappa shape index (κ2) is 13.1. The molecule has 0 radical (unpaired) electrons. The van der Waals surface area contributed by atoms with Crippen molar-refractivity contribution < 1.29 is 19.3 Å². The molecule has 0 spiro atoms. The fraction of sp³-hybridized carbons (Fsp3) is 0.381. The molecule has 2 aromatic rings. The molecule has 8 heteroatoms. The SMILES string of the molecule is COc1ccc(CCCNCC(O)COc2ccc(C#N)cc2Cl)cc1OC.Cl. The Hall–Kier alpha value is -2.17. The number of hydrogen-bond acceptors (Lipinski definition) is 6. The summed E-state index contributed by atoms with van der Waals surface area (Å²) >= 11 is 6.05. The van der Waals surface area contributed by atoms with E-state index in [1.54, 1.807) is 26.4 Å². The molecule has 0 fully saturated rings. The van der Waals surface area contributed by atoms with Gasteiger partial charge in [0.05, 0.1) is 30.9 Å². The van der Waals surface area contributed by atoms with Crippen LogP contribution in [0.3, 0.4) is 0 Å². The molecule has 2 N–H and O–H groups in total. The highest BCUT2D eigenvalue weighted by atomic mass is 35.5. The topological polar surface area (TPSA) is 83.7 Å². The highest BCUT2D eigenvalue weighted by molar-refractivity contribution is 6.32. The summed E-state index contributed by atoms with van der Waals surface area (Å²) in [6.45, 7) is 1.30. The third kappa shape index (κ3) is 8.00. The van der Waals surface area contributed by atoms with Gasteiger partial charge < -0.3 is 24.6 Å². The van der Waals surface area contributed by atoms with Gasteiger partial charge in [-0.05, 0) is 55.3 Å². The zero-order valence-electron chi connectivity index (χ0n) is 16.5. The number of aliphatic hydroxyl groups is 1. The molecular formula is C21H26Cl2N2O4. The monoisotopic (exact) mass is 440 g/mol. The first-order valence-corrected chi connectivity index (χ1v) is 9.37. The van der Waals surface area contributed by atoms with E-state index in [1.807, 2.05) is 24.3 Å². The minimum atomic E-state index is -0.659. The maximum Gasteiger partial charge on any atom is 0.160 e. The molecule has 1 atom stereocenters. The lowest BCUT2D eigenvalue weighted by Crippen LogP contribution is -2.32. The van der Waals surface area contributed by atoms with E-state index < -0.39 is 6.10 Å². The summed E-state index contributed by atoms with van der Waals surface area (Å²) in [5.74, 6) is 1.89. The van der Waals surface area contributed by atoms with Crippen LogP contribution in [0.1, 0.15) is 17.5 Å². The van der Waals surface area contributed by atoms with Gasteiger partial charge in [0.15, 0.2) is 11.5 Å². The number of halogens is 2. The van der Waals surface area contributed by atoms with Gasteiger partial charge in [-0.1, -0.05) is 17.7 Å². The van der Waals surface area contributed by atoms with Crippen LogP contribution in [0.4, 0.5) is 0 Å². The smallest absolute Gasteiger partial charge is 0.160 e. The Morgan fingerprint density at radius 3 is 2.48 bits per heavy atom. The fourth-order valence-electron chi connectivity index (χ4n) is 2.65. The Bertz CT molecular complexity index is 812. The van der Waals surface area contributed by atoms with Crippen LogP contribution in [-0.2, 0) is 6.42 Å². The summed E-state index contributed by atoms with van der Waals surface area (Å²) in [7, 11) is 3.24. The first kappa shape index (κ1) is 24.9. The molecule has 2 aromatic carbocycles. The van der Waals surface area contributed by atoms with Crippen LogP contribution in [0, 0.1) is 11.3 Å². The lowest BCUT2D eigenvalue weighted by molar-refractivity contribution is 0.106. The Labute approximate surface area is 182 Å². The number of rotatable bonds is 11. The average Bonchev–Trinajstić information content (AvgIpc) is 2.72. The third-order valence-corrected chi connectivity index (χ3v) is 4.43. The van der Waals surface area contributed by atoms with E-state index in [0.717, 1.165) is 30.9 Å². The molecule has 0 saturated heterocycles. The summed E-state index contributed by atoms with van der Waals surface area (Å²) in [6, 6.07) is 12.7. The highest BCUT2D eigenvalue weighted by Crippen LogP contribution is 2.28. The van der Waals surface area contributed by atoms with E-state index >= 15 is 0 Å². The molecule has 0 aliphatic heterocycles. The molecule has 2 rings (SSSR count). The van der Waals surface area contributed by atoms with Gasteiger partial charge in [0.1, 0.15) is 18.5 Å². The lowest BCUT2D eigenvalue weighted by Gasteiger charge is -2.14. The third-order valence-electron chi connectivity index (χ3n) is 4.14. The van der Waals surface area contributed by atoms with Gasteiger partial charge in [-0.3, -0.25) is 0 Å². The number of aliphatic hydroxyl groups excluding tert-OH is 1. The van der Waals surface area contributed by atoms with E-state index in [1.165, 1.54) is 11.6 Å². The van der Waals surface area contributed by atoms with Crippen LogP contribution in [0.25, 0.3) is 0 Å². The first-order chi connectivity index (χ1) is 13.6. The number of ether oxygens (including phenoxy) is 3. The average molecular weight is 441 g/mol. The van der Waals surface area contributed by atoms with Crippen molar-refractivity contribution >= 4 is 24.0 Å². The van der Waals surface area contributed by atoms with Crippen molar-refractivity contribution in [2.24, 2.45) is 0 Å². The standard InChI is InChI=1S/C21H25ClN2O4.ClH/c1-26-20-8-5-15(11-21(20)27-2)4-3-9-24-13-17(25)14-28-19-7-6-16(12-23)10-18(19)22;/h5-8,10-11,17,24-25H,3-4,9,13-14H2,1-2H3;1H. The van der Waals surface area contributed by atoms with E-state index in [9.17, 15) is 5.11 Å². The van der Waals surface area contributed by atoms with Gasteiger partial charge in [-0.15, -0.1) is 12.4 Å². The molecule has 0 aliphatic rings. The van der Waals surface area contributed by atoms with Crippen molar-refractivity contribution in [1.29, 1.82) is 5.26 Å². The van der Waals surface area contributed by atoms with Crippen LogP contribution >= 0.6 is 24.0 Å². The van der Waals surface area contributed by atoms with Gasteiger partial charge in [-0.2, -0.15) is 5.26 Å². The molecule has 29 heavy (non-hydrogen) atoms. The van der Waals surface area contributed by atoms with Gasteiger partial charge in [0.25, 0.3) is 0 Å². The summed E-state index contributed by atoms with van der Waals surface area (Å²) in [5.41, 5.74) is 1.63. The number of nitriles is 1. The number of methoxy groups -OCH3 is 2. The zero-order chi connectivity index (χ0) is 20.4. The molecule has 0 saturated carbocycles. The highest BCUT2D eigenvalue weighted by Gasteiger charge is 2.08. The van der Waals surface area contributed by atoms with Crippen LogP contribution in [0.5, 0.6) is 17.2 Å². The molecular weight excluding hydrogens is 415 g/mol. The van der Waals surface area contributed by atoms with Crippen LogP contribution in [0.2, 0.25) is 5.02 Å². The minimum absolute atomic E-state index is 0. The Kier molecular flexibility index (Phi) is 11.3. The van der Waals surface area contributed by atoms with E-state index in [0.29, 0.717) is 22.9 Å². The molecule has 0 aliphatic carbocycles. The van der Waals surface area contributed by atoms with E-state index in [-0.39, 0.29) is 19.0 Å². The van der Waals surface area contributed by atoms with Gasteiger partial charge >= 0.3 is 0 Å². The number of benzene rings is 2. The normalized spacial score (nSPS) is 11.1. The summed E-state index contributed by atoms with van der Waals surface area (Å²) in [6.07, 6.45) is 1.15. The molecule has 1 unspecified atom stereocenters. The molecule has 0 aromatic heterocycles. The Balaban J connectivity index is 0.00000420. The first-order valence-electron chi connectivity index (χ1n) is 8.99. The maximum atomic E-state index is 10.0. The second-order valence-electron chi connectivity index (χ2n) is 6.22. The fourth-order valence-corrected chi connectivity index (χ4v) is 2.89. The van der Waals surface area contributed by atoms with Crippen molar-refractivity contribution in [2.45, 2.75) is 18.9 Å². The van der Waals surface area contributed by atoms with Crippen LogP contribution in [-0.4, -0.2) is 45.1 Å². The van der Waals surface area contributed by atoms with Crippen LogP contribution < -0.4 is 19.5 Å². The second-order valence-corrected chi connectivity index (χ2v) is 6.63. The van der Waals surface area contributed by atoms with E-state index in [4.69, 9.17) is 31.1 Å². The predicted octanol–water partition coefficient (Wildman–Crippen LogP) is 3.61. The summed E-state index contributed by atoms with van der Waals surface area (Å²) < 4.78 is 16.1. The predicted molar refractivity (Wildman–Crippen MR) is 116 cm³/mol.